The van der Waals surface area contributed by atoms with Gasteiger partial charge in [-0.25, -0.2) is 17.9 Å². The van der Waals surface area contributed by atoms with E-state index < -0.39 is 10.0 Å². The van der Waals surface area contributed by atoms with Crippen LogP contribution < -0.4 is 20.3 Å². The minimum atomic E-state index is -3.82. The molecular weight excluding hydrogens is 383 g/mol. The SMILES string of the molecule is C[C@@H](C(=O)Nc1cccc(S(N)(=O)=O)c1)[NH+]1CCN(c2ccc(F)cc2)CC1. The van der Waals surface area contributed by atoms with Gasteiger partial charge >= 0.3 is 0 Å². The Kier molecular flexibility index (Phi) is 5.97. The molecule has 9 heteroatoms. The first-order valence-electron chi connectivity index (χ1n) is 9.03. The highest BCUT2D eigenvalue weighted by Gasteiger charge is 2.29. The number of nitrogens with one attached hydrogen (secondary N) is 2. The van der Waals surface area contributed by atoms with Gasteiger partial charge in [-0.15, -0.1) is 0 Å². The number of anilines is 2. The lowest BCUT2D eigenvalue weighted by atomic mass is 10.2. The fraction of sp³-hybridized carbons (Fsp3) is 0.316. The van der Waals surface area contributed by atoms with Gasteiger partial charge < -0.3 is 15.1 Å². The Morgan fingerprint density at radius 2 is 1.82 bits per heavy atom. The van der Waals surface area contributed by atoms with Crippen molar-refractivity contribution >= 4 is 27.3 Å². The lowest BCUT2D eigenvalue weighted by molar-refractivity contribution is -0.914. The van der Waals surface area contributed by atoms with E-state index in [4.69, 9.17) is 5.14 Å². The zero-order chi connectivity index (χ0) is 20.3. The number of primary sulfonamides is 1. The molecule has 2 aromatic carbocycles. The van der Waals surface area contributed by atoms with Crippen LogP contribution in [-0.2, 0) is 14.8 Å². The van der Waals surface area contributed by atoms with Crippen LogP contribution in [0.3, 0.4) is 0 Å². The summed E-state index contributed by atoms with van der Waals surface area (Å²) in [5.41, 5.74) is 1.37. The van der Waals surface area contributed by atoms with Gasteiger partial charge in [0, 0.05) is 11.4 Å². The Hall–Kier alpha value is -2.49. The van der Waals surface area contributed by atoms with Crippen molar-refractivity contribution in [1.29, 1.82) is 0 Å². The maximum atomic E-state index is 13.1. The average molecular weight is 407 g/mol. The largest absolute Gasteiger partial charge is 0.360 e. The summed E-state index contributed by atoms with van der Waals surface area (Å²) in [6.07, 6.45) is 0. The number of nitrogens with zero attached hydrogens (tertiary/aromatic N) is 1. The third kappa shape index (κ3) is 4.86. The zero-order valence-electron chi connectivity index (χ0n) is 15.6. The van der Waals surface area contributed by atoms with Crippen LogP contribution in [0.1, 0.15) is 6.92 Å². The summed E-state index contributed by atoms with van der Waals surface area (Å²) in [4.78, 5) is 15.9. The molecule has 0 spiro atoms. The number of sulfonamides is 1. The molecule has 0 saturated carbocycles. The molecular formula is C19H24FN4O3S+. The predicted molar refractivity (Wildman–Crippen MR) is 105 cm³/mol. The van der Waals surface area contributed by atoms with Crippen molar-refractivity contribution in [1.82, 2.24) is 0 Å². The van der Waals surface area contributed by atoms with Crippen molar-refractivity contribution < 1.29 is 22.5 Å². The topological polar surface area (TPSA) is 96.9 Å². The Balaban J connectivity index is 1.58. The van der Waals surface area contributed by atoms with E-state index in [1.165, 1.54) is 30.3 Å². The van der Waals surface area contributed by atoms with E-state index in [1.807, 2.05) is 6.92 Å². The Morgan fingerprint density at radius 1 is 1.18 bits per heavy atom. The highest BCUT2D eigenvalue weighted by atomic mass is 32.2. The molecule has 1 aliphatic heterocycles. The van der Waals surface area contributed by atoms with Crippen LogP contribution in [0.15, 0.2) is 53.4 Å². The molecule has 1 amide bonds. The number of quaternary nitrogens is 1. The molecule has 1 aliphatic rings. The molecule has 150 valence electrons. The number of benzene rings is 2. The standard InChI is InChI=1S/C19H23FN4O3S/c1-14(19(25)22-16-3-2-4-18(13-16)28(21,26)27)23-9-11-24(12-10-23)17-7-5-15(20)6-8-17/h2-8,13-14H,9-12H2,1H3,(H,22,25)(H2,21,26,27)/p+1/t14-/m0/s1. The number of nitrogens with two attached hydrogens (primary N) is 1. The third-order valence-corrected chi connectivity index (χ3v) is 5.94. The summed E-state index contributed by atoms with van der Waals surface area (Å²) in [6.45, 7) is 4.91. The highest BCUT2D eigenvalue weighted by molar-refractivity contribution is 7.89. The van der Waals surface area contributed by atoms with Gasteiger partial charge in [-0.2, -0.15) is 0 Å². The van der Waals surface area contributed by atoms with Gasteiger partial charge in [0.25, 0.3) is 5.91 Å². The summed E-state index contributed by atoms with van der Waals surface area (Å²) >= 11 is 0. The van der Waals surface area contributed by atoms with Crippen LogP contribution in [0.5, 0.6) is 0 Å². The van der Waals surface area contributed by atoms with Crippen molar-refractivity contribution in [2.75, 3.05) is 36.4 Å². The van der Waals surface area contributed by atoms with E-state index >= 15 is 0 Å². The second-order valence-electron chi connectivity index (χ2n) is 6.91. The molecule has 1 fully saturated rings. The quantitative estimate of drug-likeness (QED) is 0.660. The molecule has 0 radical (unpaired) electrons. The minimum absolute atomic E-state index is 0.0433. The second kappa shape index (κ2) is 8.26. The highest BCUT2D eigenvalue weighted by Crippen LogP contribution is 2.15. The molecule has 7 nitrogen and oxygen atoms in total. The van der Waals surface area contributed by atoms with Gasteiger partial charge in [-0.3, -0.25) is 4.79 Å². The van der Waals surface area contributed by atoms with Gasteiger partial charge in [-0.1, -0.05) is 6.07 Å². The number of hydrogen-bond acceptors (Lipinski definition) is 4. The molecule has 1 atom stereocenters. The predicted octanol–water partition coefficient (Wildman–Crippen LogP) is 0.205. The molecule has 0 unspecified atom stereocenters. The molecule has 28 heavy (non-hydrogen) atoms. The molecule has 0 bridgehead atoms. The van der Waals surface area contributed by atoms with Gasteiger partial charge in [0.2, 0.25) is 10.0 Å². The summed E-state index contributed by atoms with van der Waals surface area (Å²) in [7, 11) is -3.82. The van der Waals surface area contributed by atoms with Crippen LogP contribution in [0, 0.1) is 5.82 Å². The number of rotatable bonds is 5. The normalized spacial score (nSPS) is 16.6. The van der Waals surface area contributed by atoms with Crippen LogP contribution in [-0.4, -0.2) is 46.5 Å². The molecule has 2 aromatic rings. The van der Waals surface area contributed by atoms with Gasteiger partial charge in [0.15, 0.2) is 6.04 Å². The number of halogens is 1. The van der Waals surface area contributed by atoms with E-state index in [0.717, 1.165) is 36.8 Å². The van der Waals surface area contributed by atoms with E-state index in [9.17, 15) is 17.6 Å². The first kappa shape index (κ1) is 20.2. The fourth-order valence-corrected chi connectivity index (χ4v) is 3.88. The van der Waals surface area contributed by atoms with Crippen LogP contribution in [0.2, 0.25) is 0 Å². The van der Waals surface area contributed by atoms with Crippen molar-refractivity contribution in [3.63, 3.8) is 0 Å². The number of carbonyl (C=O) groups is 1. The van der Waals surface area contributed by atoms with E-state index in [0.29, 0.717) is 5.69 Å². The van der Waals surface area contributed by atoms with E-state index in [2.05, 4.69) is 10.2 Å². The third-order valence-electron chi connectivity index (χ3n) is 5.03. The van der Waals surface area contributed by atoms with Crippen LogP contribution in [0.25, 0.3) is 0 Å². The lowest BCUT2D eigenvalue weighted by Gasteiger charge is -2.36. The van der Waals surface area contributed by atoms with Gasteiger partial charge in [-0.05, 0) is 49.4 Å². The number of amides is 1. The van der Waals surface area contributed by atoms with Crippen LogP contribution >= 0.6 is 0 Å². The lowest BCUT2D eigenvalue weighted by Crippen LogP contribution is -3.19. The van der Waals surface area contributed by atoms with E-state index in [1.54, 1.807) is 18.2 Å². The van der Waals surface area contributed by atoms with Crippen LogP contribution in [0.4, 0.5) is 15.8 Å². The molecule has 0 aliphatic carbocycles. The summed E-state index contributed by atoms with van der Waals surface area (Å²) in [5.74, 6) is -0.443. The van der Waals surface area contributed by atoms with Crippen molar-refractivity contribution in [2.45, 2.75) is 17.9 Å². The van der Waals surface area contributed by atoms with Crippen molar-refractivity contribution in [3.8, 4) is 0 Å². The Bertz CT molecular complexity index is 942. The molecule has 3 rings (SSSR count). The molecule has 1 heterocycles. The van der Waals surface area contributed by atoms with Crippen molar-refractivity contribution in [2.24, 2.45) is 5.14 Å². The average Bonchev–Trinajstić information content (AvgIpc) is 2.68. The fourth-order valence-electron chi connectivity index (χ4n) is 3.32. The first-order valence-corrected chi connectivity index (χ1v) is 10.6. The first-order chi connectivity index (χ1) is 13.2. The molecule has 0 aromatic heterocycles. The maximum absolute atomic E-state index is 13.1. The van der Waals surface area contributed by atoms with Crippen molar-refractivity contribution in [3.05, 3.63) is 54.3 Å². The summed E-state index contributed by atoms with van der Waals surface area (Å²) < 4.78 is 36.0. The van der Waals surface area contributed by atoms with Gasteiger partial charge in [0.05, 0.1) is 31.1 Å². The summed E-state index contributed by atoms with van der Waals surface area (Å²) in [5, 5.41) is 7.90. The molecule has 4 N–H and O–H groups in total. The Morgan fingerprint density at radius 3 is 2.43 bits per heavy atom. The minimum Gasteiger partial charge on any atom is -0.360 e. The monoisotopic (exact) mass is 407 g/mol. The smallest absolute Gasteiger partial charge is 0.282 e. The number of piperazine rings is 1. The van der Waals surface area contributed by atoms with Gasteiger partial charge in [0.1, 0.15) is 5.82 Å². The number of carbonyl (C=O) groups excluding carboxylic acids is 1. The molecule has 1 saturated heterocycles. The number of hydrogen-bond donors (Lipinski definition) is 3. The second-order valence-corrected chi connectivity index (χ2v) is 8.47. The summed E-state index contributed by atoms with van der Waals surface area (Å²) in [6, 6.07) is 12.0. The Labute approximate surface area is 164 Å². The van der Waals surface area contributed by atoms with E-state index in [-0.39, 0.29) is 22.7 Å². The zero-order valence-corrected chi connectivity index (χ0v) is 16.4. The maximum Gasteiger partial charge on any atom is 0.282 e.